The van der Waals surface area contributed by atoms with Gasteiger partial charge in [-0.3, -0.25) is 14.6 Å². The Morgan fingerprint density at radius 2 is 1.90 bits per heavy atom. The van der Waals surface area contributed by atoms with E-state index in [0.717, 1.165) is 0 Å². The van der Waals surface area contributed by atoms with Gasteiger partial charge in [-0.15, -0.1) is 0 Å². The number of nitrogens with zero attached hydrogens (tertiary/aromatic N) is 2. The van der Waals surface area contributed by atoms with Crippen molar-refractivity contribution in [3.8, 4) is 0 Å². The minimum absolute atomic E-state index is 0.154. The van der Waals surface area contributed by atoms with Crippen LogP contribution in [0.1, 0.15) is 20.7 Å². The van der Waals surface area contributed by atoms with E-state index >= 15 is 0 Å². The molecule has 0 saturated carbocycles. The second kappa shape index (κ2) is 4.89. The standard InChI is InChI=1S/C13H12N4O4/c14-13-15-5-7(6-16-13)12(20)21-17-10(18)8-3-1-2-4-9(8)11(17)19/h1-4,7H,5-6H2,(H3,14,15,16). The number of aliphatic imine (C=N–C) groups is 1. The van der Waals surface area contributed by atoms with Crippen molar-refractivity contribution in [3.63, 3.8) is 0 Å². The summed E-state index contributed by atoms with van der Waals surface area (Å²) >= 11 is 0. The summed E-state index contributed by atoms with van der Waals surface area (Å²) in [6, 6.07) is 6.29. The molecule has 0 saturated heterocycles. The Morgan fingerprint density at radius 1 is 1.29 bits per heavy atom. The third-order valence-electron chi connectivity index (χ3n) is 3.28. The number of rotatable bonds is 2. The van der Waals surface area contributed by atoms with E-state index in [2.05, 4.69) is 10.3 Å². The van der Waals surface area contributed by atoms with Crippen LogP contribution < -0.4 is 11.1 Å². The first-order chi connectivity index (χ1) is 10.1. The molecule has 0 spiro atoms. The van der Waals surface area contributed by atoms with Gasteiger partial charge in [-0.05, 0) is 12.1 Å². The highest BCUT2D eigenvalue weighted by Gasteiger charge is 2.39. The Bertz CT molecular complexity index is 635. The molecule has 0 aliphatic carbocycles. The summed E-state index contributed by atoms with van der Waals surface area (Å²) in [6.45, 7) is 0.401. The minimum atomic E-state index is -0.701. The summed E-state index contributed by atoms with van der Waals surface area (Å²) in [6.07, 6.45) is 0. The number of amides is 2. The van der Waals surface area contributed by atoms with E-state index in [0.29, 0.717) is 5.06 Å². The maximum atomic E-state index is 12.0. The fraction of sp³-hybridized carbons (Fsp3) is 0.231. The number of guanidine groups is 1. The summed E-state index contributed by atoms with van der Waals surface area (Å²) in [5.74, 6) is -2.33. The summed E-state index contributed by atoms with van der Waals surface area (Å²) in [7, 11) is 0. The van der Waals surface area contributed by atoms with Gasteiger partial charge in [0.2, 0.25) is 0 Å². The fourth-order valence-corrected chi connectivity index (χ4v) is 2.13. The molecular weight excluding hydrogens is 276 g/mol. The summed E-state index contributed by atoms with van der Waals surface area (Å²) < 4.78 is 0. The predicted octanol–water partition coefficient (Wildman–Crippen LogP) is -0.725. The quantitative estimate of drug-likeness (QED) is 0.694. The Kier molecular flexibility index (Phi) is 3.05. The number of imide groups is 1. The summed E-state index contributed by atoms with van der Waals surface area (Å²) in [4.78, 5) is 44.9. The normalized spacial score (nSPS) is 20.7. The molecule has 2 heterocycles. The van der Waals surface area contributed by atoms with Crippen molar-refractivity contribution in [1.82, 2.24) is 10.4 Å². The van der Waals surface area contributed by atoms with Crippen LogP contribution >= 0.6 is 0 Å². The molecule has 2 amide bonds. The van der Waals surface area contributed by atoms with Crippen LogP contribution in [0.2, 0.25) is 0 Å². The van der Waals surface area contributed by atoms with Crippen LogP contribution in [0.5, 0.6) is 0 Å². The number of hydrogen-bond donors (Lipinski definition) is 2. The van der Waals surface area contributed by atoms with E-state index in [-0.39, 0.29) is 30.2 Å². The van der Waals surface area contributed by atoms with Gasteiger partial charge in [0.25, 0.3) is 11.8 Å². The Labute approximate surface area is 119 Å². The highest BCUT2D eigenvalue weighted by molar-refractivity contribution is 6.20. The van der Waals surface area contributed by atoms with Gasteiger partial charge in [-0.1, -0.05) is 17.2 Å². The number of benzene rings is 1. The maximum Gasteiger partial charge on any atom is 0.339 e. The van der Waals surface area contributed by atoms with Crippen LogP contribution in [0.3, 0.4) is 0 Å². The molecule has 108 valence electrons. The van der Waals surface area contributed by atoms with Gasteiger partial charge in [-0.2, -0.15) is 0 Å². The van der Waals surface area contributed by atoms with Gasteiger partial charge in [0.1, 0.15) is 0 Å². The van der Waals surface area contributed by atoms with Gasteiger partial charge in [0.15, 0.2) is 5.96 Å². The lowest BCUT2D eigenvalue weighted by atomic mass is 10.1. The van der Waals surface area contributed by atoms with Gasteiger partial charge < -0.3 is 15.9 Å². The number of nitrogens with two attached hydrogens (primary N) is 1. The summed E-state index contributed by atoms with van der Waals surface area (Å²) in [5, 5.41) is 3.21. The zero-order valence-electron chi connectivity index (χ0n) is 10.9. The molecular formula is C13H12N4O4. The number of carbonyl (C=O) groups is 3. The van der Waals surface area contributed by atoms with Gasteiger partial charge in [-0.25, -0.2) is 4.79 Å². The first-order valence-electron chi connectivity index (χ1n) is 6.31. The zero-order valence-corrected chi connectivity index (χ0v) is 10.9. The average Bonchev–Trinajstić information content (AvgIpc) is 2.73. The molecule has 8 heteroatoms. The van der Waals surface area contributed by atoms with E-state index < -0.39 is 23.7 Å². The van der Waals surface area contributed by atoms with Crippen molar-refractivity contribution in [3.05, 3.63) is 35.4 Å². The maximum absolute atomic E-state index is 12.0. The minimum Gasteiger partial charge on any atom is -0.370 e. The Hall–Kier alpha value is -2.90. The molecule has 0 aromatic heterocycles. The van der Waals surface area contributed by atoms with E-state index in [4.69, 9.17) is 10.6 Å². The van der Waals surface area contributed by atoms with E-state index in [1.54, 1.807) is 12.1 Å². The van der Waals surface area contributed by atoms with Crippen LogP contribution in [-0.4, -0.2) is 41.9 Å². The van der Waals surface area contributed by atoms with Crippen molar-refractivity contribution in [2.24, 2.45) is 16.6 Å². The molecule has 3 N–H and O–H groups in total. The van der Waals surface area contributed by atoms with Crippen molar-refractivity contribution in [1.29, 1.82) is 0 Å². The first kappa shape index (κ1) is 13.1. The van der Waals surface area contributed by atoms with Crippen molar-refractivity contribution < 1.29 is 19.2 Å². The van der Waals surface area contributed by atoms with Crippen molar-refractivity contribution in [2.45, 2.75) is 0 Å². The van der Waals surface area contributed by atoms with Gasteiger partial charge in [0.05, 0.1) is 23.6 Å². The molecule has 2 aliphatic heterocycles. The molecule has 0 bridgehead atoms. The van der Waals surface area contributed by atoms with Crippen molar-refractivity contribution in [2.75, 3.05) is 13.1 Å². The van der Waals surface area contributed by atoms with E-state index in [1.807, 2.05) is 0 Å². The monoisotopic (exact) mass is 288 g/mol. The van der Waals surface area contributed by atoms with Crippen LogP contribution in [0.15, 0.2) is 29.3 Å². The third kappa shape index (κ3) is 2.20. The average molecular weight is 288 g/mol. The largest absolute Gasteiger partial charge is 0.370 e. The highest BCUT2D eigenvalue weighted by Crippen LogP contribution is 2.23. The third-order valence-corrected chi connectivity index (χ3v) is 3.28. The second-order valence-electron chi connectivity index (χ2n) is 4.66. The number of carbonyl (C=O) groups excluding carboxylic acids is 3. The predicted molar refractivity (Wildman–Crippen MR) is 71.0 cm³/mol. The van der Waals surface area contributed by atoms with E-state index in [9.17, 15) is 14.4 Å². The lowest BCUT2D eigenvalue weighted by molar-refractivity contribution is -0.173. The van der Waals surface area contributed by atoms with Crippen LogP contribution in [0, 0.1) is 5.92 Å². The smallest absolute Gasteiger partial charge is 0.339 e. The molecule has 3 rings (SSSR count). The number of fused-ring (bicyclic) bond motifs is 1. The van der Waals surface area contributed by atoms with Gasteiger partial charge >= 0.3 is 5.97 Å². The lowest BCUT2D eigenvalue weighted by Crippen LogP contribution is -2.45. The number of hydrogen-bond acceptors (Lipinski definition) is 7. The SMILES string of the molecule is NC1=NCC(C(=O)ON2C(=O)c3ccccc3C2=O)CN1. The second-order valence-corrected chi connectivity index (χ2v) is 4.66. The zero-order chi connectivity index (χ0) is 15.0. The molecule has 1 aromatic rings. The van der Waals surface area contributed by atoms with Gasteiger partial charge in [0, 0.05) is 6.54 Å². The Morgan fingerprint density at radius 3 is 2.43 bits per heavy atom. The molecule has 0 fully saturated rings. The molecule has 8 nitrogen and oxygen atoms in total. The highest BCUT2D eigenvalue weighted by atomic mass is 16.7. The number of hydroxylamine groups is 2. The molecule has 1 atom stereocenters. The van der Waals surface area contributed by atoms with E-state index in [1.165, 1.54) is 12.1 Å². The van der Waals surface area contributed by atoms with Crippen LogP contribution in [0.25, 0.3) is 0 Å². The molecule has 0 radical (unpaired) electrons. The fourth-order valence-electron chi connectivity index (χ4n) is 2.13. The molecule has 1 aromatic carbocycles. The molecule has 21 heavy (non-hydrogen) atoms. The lowest BCUT2D eigenvalue weighted by Gasteiger charge is -2.21. The first-order valence-corrected chi connectivity index (χ1v) is 6.31. The van der Waals surface area contributed by atoms with Crippen molar-refractivity contribution >= 4 is 23.7 Å². The number of nitrogens with one attached hydrogen (secondary N) is 1. The van der Waals surface area contributed by atoms with Crippen LogP contribution in [0.4, 0.5) is 0 Å². The summed E-state index contributed by atoms with van der Waals surface area (Å²) in [5.41, 5.74) is 5.87. The topological polar surface area (TPSA) is 114 Å². The molecule has 2 aliphatic rings. The Balaban J connectivity index is 1.74. The molecule has 1 unspecified atom stereocenters. The van der Waals surface area contributed by atoms with Crippen LogP contribution in [-0.2, 0) is 9.63 Å².